The van der Waals surface area contributed by atoms with Crippen LogP contribution in [-0.2, 0) is 11.2 Å². The van der Waals surface area contributed by atoms with Crippen LogP contribution in [-0.4, -0.2) is 23.3 Å². The van der Waals surface area contributed by atoms with Crippen LogP contribution in [0.5, 0.6) is 11.5 Å². The van der Waals surface area contributed by atoms with Gasteiger partial charge >= 0.3 is 0 Å². The first kappa shape index (κ1) is 11.3. The van der Waals surface area contributed by atoms with Crippen LogP contribution in [0.15, 0.2) is 18.2 Å². The van der Waals surface area contributed by atoms with Crippen LogP contribution < -0.4 is 10.2 Å². The average molecular weight is 211 g/mol. The number of amides is 1. The van der Waals surface area contributed by atoms with E-state index in [1.165, 1.54) is 13.2 Å². The van der Waals surface area contributed by atoms with E-state index in [1.807, 2.05) is 0 Å². The Hall–Kier alpha value is -1.75. The van der Waals surface area contributed by atoms with Crippen molar-refractivity contribution in [3.63, 3.8) is 0 Å². The number of benzene rings is 1. The number of hydrogen-bond acceptors (Lipinski definition) is 4. The maximum absolute atomic E-state index is 10.8. The molecular formula is C10H13NO4. The van der Waals surface area contributed by atoms with Gasteiger partial charge in [0.15, 0.2) is 11.5 Å². The number of aryl methyl sites for hydroxylation is 1. The molecule has 0 spiro atoms. The first-order valence-corrected chi connectivity index (χ1v) is 4.46. The number of phenols is 1. The van der Waals surface area contributed by atoms with Gasteiger partial charge in [0.05, 0.1) is 7.11 Å². The van der Waals surface area contributed by atoms with E-state index in [2.05, 4.69) is 0 Å². The predicted octanol–water partition coefficient (Wildman–Crippen LogP) is 0.839. The Labute approximate surface area is 87.3 Å². The summed E-state index contributed by atoms with van der Waals surface area (Å²) in [6.45, 7) is 0. The number of rotatable bonds is 4. The lowest BCUT2D eigenvalue weighted by Gasteiger charge is -2.05. The molecule has 15 heavy (non-hydrogen) atoms. The number of aromatic hydroxyl groups is 1. The Kier molecular flexibility index (Phi) is 3.93. The van der Waals surface area contributed by atoms with Crippen LogP contribution in [0.4, 0.5) is 0 Å². The maximum Gasteiger partial charge on any atom is 0.243 e. The standard InChI is InChI=1S/C10H13NO4/c1-15-9-6-7(2-4-8(9)12)3-5-10(13)11-14/h2,4,6,12,14H,3,5H2,1H3,(H,11,13). The molecular weight excluding hydrogens is 198 g/mol. The second-order valence-electron chi connectivity index (χ2n) is 3.04. The molecule has 0 saturated heterocycles. The summed E-state index contributed by atoms with van der Waals surface area (Å²) in [5.74, 6) is -0.00759. The van der Waals surface area contributed by atoms with Gasteiger partial charge in [-0.3, -0.25) is 10.0 Å². The third-order valence-electron chi connectivity index (χ3n) is 2.01. The topological polar surface area (TPSA) is 78.8 Å². The normalized spacial score (nSPS) is 9.73. The van der Waals surface area contributed by atoms with Crippen molar-refractivity contribution in [2.24, 2.45) is 0 Å². The van der Waals surface area contributed by atoms with Crippen LogP contribution in [0.2, 0.25) is 0 Å². The zero-order valence-corrected chi connectivity index (χ0v) is 8.36. The number of nitrogens with one attached hydrogen (secondary N) is 1. The summed E-state index contributed by atoms with van der Waals surface area (Å²) in [5.41, 5.74) is 2.41. The molecule has 5 heteroatoms. The van der Waals surface area contributed by atoms with E-state index in [0.717, 1.165) is 5.56 Å². The molecule has 0 bridgehead atoms. The van der Waals surface area contributed by atoms with Crippen LogP contribution in [0.25, 0.3) is 0 Å². The molecule has 1 aromatic carbocycles. The Morgan fingerprint density at radius 2 is 2.27 bits per heavy atom. The van der Waals surface area contributed by atoms with E-state index >= 15 is 0 Å². The minimum atomic E-state index is -0.443. The van der Waals surface area contributed by atoms with Crippen LogP contribution in [0.3, 0.4) is 0 Å². The van der Waals surface area contributed by atoms with Crippen LogP contribution >= 0.6 is 0 Å². The highest BCUT2D eigenvalue weighted by Gasteiger charge is 2.04. The third-order valence-corrected chi connectivity index (χ3v) is 2.01. The van der Waals surface area contributed by atoms with Crippen molar-refractivity contribution >= 4 is 5.91 Å². The van der Waals surface area contributed by atoms with Crippen molar-refractivity contribution in [3.05, 3.63) is 23.8 Å². The molecule has 0 radical (unpaired) electrons. The van der Waals surface area contributed by atoms with E-state index in [1.54, 1.807) is 17.6 Å². The molecule has 0 atom stereocenters. The second-order valence-corrected chi connectivity index (χ2v) is 3.04. The fourth-order valence-corrected chi connectivity index (χ4v) is 1.19. The molecule has 0 aromatic heterocycles. The van der Waals surface area contributed by atoms with Gasteiger partial charge in [0.2, 0.25) is 5.91 Å². The highest BCUT2D eigenvalue weighted by atomic mass is 16.5. The number of carbonyl (C=O) groups is 1. The number of phenolic OH excluding ortho intramolecular Hbond substituents is 1. The van der Waals surface area contributed by atoms with Crippen LogP contribution in [0.1, 0.15) is 12.0 Å². The predicted molar refractivity (Wildman–Crippen MR) is 52.9 cm³/mol. The summed E-state index contributed by atoms with van der Waals surface area (Å²) in [5, 5.41) is 17.6. The lowest BCUT2D eigenvalue weighted by Crippen LogP contribution is -2.18. The Balaban J connectivity index is 2.66. The van der Waals surface area contributed by atoms with E-state index in [9.17, 15) is 9.90 Å². The molecule has 1 amide bonds. The van der Waals surface area contributed by atoms with E-state index < -0.39 is 5.91 Å². The quantitative estimate of drug-likeness (QED) is 0.509. The number of carbonyl (C=O) groups excluding carboxylic acids is 1. The van der Waals surface area contributed by atoms with Gasteiger partial charge in [-0.15, -0.1) is 0 Å². The smallest absolute Gasteiger partial charge is 0.243 e. The molecule has 1 rings (SSSR count). The molecule has 0 heterocycles. The lowest BCUT2D eigenvalue weighted by atomic mass is 10.1. The zero-order valence-electron chi connectivity index (χ0n) is 8.36. The molecule has 0 aliphatic carbocycles. The Morgan fingerprint density at radius 1 is 1.53 bits per heavy atom. The van der Waals surface area contributed by atoms with Gasteiger partial charge in [0.25, 0.3) is 0 Å². The van der Waals surface area contributed by atoms with Gasteiger partial charge in [-0.2, -0.15) is 0 Å². The van der Waals surface area contributed by atoms with Gasteiger partial charge in [-0.1, -0.05) is 6.07 Å². The monoisotopic (exact) mass is 211 g/mol. The fraction of sp³-hybridized carbons (Fsp3) is 0.300. The molecule has 0 aliphatic rings. The average Bonchev–Trinajstić information content (AvgIpc) is 2.27. The SMILES string of the molecule is COc1cc(CCC(=O)NO)ccc1O. The number of methoxy groups -OCH3 is 1. The first-order chi connectivity index (χ1) is 7.17. The largest absolute Gasteiger partial charge is 0.504 e. The second kappa shape index (κ2) is 5.21. The molecule has 82 valence electrons. The Morgan fingerprint density at radius 3 is 2.87 bits per heavy atom. The fourth-order valence-electron chi connectivity index (χ4n) is 1.19. The summed E-state index contributed by atoms with van der Waals surface area (Å²) in [6, 6.07) is 4.85. The van der Waals surface area contributed by atoms with Crippen molar-refractivity contribution in [1.29, 1.82) is 0 Å². The molecule has 0 unspecified atom stereocenters. The van der Waals surface area contributed by atoms with Gasteiger partial charge in [-0.05, 0) is 24.1 Å². The number of hydroxylamine groups is 1. The summed E-state index contributed by atoms with van der Waals surface area (Å²) >= 11 is 0. The van der Waals surface area contributed by atoms with Crippen LogP contribution in [0, 0.1) is 0 Å². The van der Waals surface area contributed by atoms with Crippen molar-refractivity contribution in [2.45, 2.75) is 12.8 Å². The lowest BCUT2D eigenvalue weighted by molar-refractivity contribution is -0.129. The van der Waals surface area contributed by atoms with Gasteiger partial charge in [-0.25, -0.2) is 5.48 Å². The third kappa shape index (κ3) is 3.14. The minimum absolute atomic E-state index is 0.0628. The maximum atomic E-state index is 10.8. The zero-order chi connectivity index (χ0) is 11.3. The summed E-state index contributed by atoms with van der Waals surface area (Å²) in [6.07, 6.45) is 0.660. The number of hydrogen-bond donors (Lipinski definition) is 3. The van der Waals surface area contributed by atoms with Gasteiger partial charge in [0.1, 0.15) is 0 Å². The van der Waals surface area contributed by atoms with E-state index in [-0.39, 0.29) is 12.2 Å². The van der Waals surface area contributed by atoms with Crippen molar-refractivity contribution in [3.8, 4) is 11.5 Å². The molecule has 3 N–H and O–H groups in total. The van der Waals surface area contributed by atoms with E-state index in [0.29, 0.717) is 12.2 Å². The minimum Gasteiger partial charge on any atom is -0.504 e. The van der Waals surface area contributed by atoms with Crippen molar-refractivity contribution < 1.29 is 19.8 Å². The molecule has 0 saturated carbocycles. The molecule has 5 nitrogen and oxygen atoms in total. The molecule has 0 fully saturated rings. The highest BCUT2D eigenvalue weighted by molar-refractivity contribution is 5.74. The van der Waals surface area contributed by atoms with Gasteiger partial charge in [0, 0.05) is 6.42 Å². The van der Waals surface area contributed by atoms with Gasteiger partial charge < -0.3 is 9.84 Å². The first-order valence-electron chi connectivity index (χ1n) is 4.46. The van der Waals surface area contributed by atoms with Crippen molar-refractivity contribution in [1.82, 2.24) is 5.48 Å². The summed E-state index contributed by atoms with van der Waals surface area (Å²) in [4.78, 5) is 10.8. The molecule has 1 aromatic rings. The summed E-state index contributed by atoms with van der Waals surface area (Å²) < 4.78 is 4.92. The molecule has 0 aliphatic heterocycles. The van der Waals surface area contributed by atoms with E-state index in [4.69, 9.17) is 9.94 Å². The number of ether oxygens (including phenoxy) is 1. The highest BCUT2D eigenvalue weighted by Crippen LogP contribution is 2.26. The summed E-state index contributed by atoms with van der Waals surface area (Å²) in [7, 11) is 1.46. The van der Waals surface area contributed by atoms with Crippen molar-refractivity contribution in [2.75, 3.05) is 7.11 Å². The Bertz CT molecular complexity index is 351.